The summed E-state index contributed by atoms with van der Waals surface area (Å²) in [5.41, 5.74) is 0. The zero-order valence-corrected chi connectivity index (χ0v) is 48.7. The average molecular weight is 1180 g/mol. The first-order valence-electron chi connectivity index (χ1n) is 29.9. The maximum Gasteiger partial charge on any atom is 0.472 e. The van der Waals surface area contributed by atoms with Gasteiger partial charge in [-0.1, -0.05) is 155 Å². The van der Waals surface area contributed by atoms with Crippen molar-refractivity contribution < 1.29 is 113 Å². The number of unbranched alkanes of at least 4 members (excludes halogenated alkanes) is 19. The van der Waals surface area contributed by atoms with Crippen molar-refractivity contribution in [3.63, 3.8) is 0 Å². The van der Waals surface area contributed by atoms with E-state index in [1.807, 2.05) is 0 Å². The van der Waals surface area contributed by atoms with Gasteiger partial charge in [-0.3, -0.25) is 18.6 Å². The second kappa shape index (κ2) is 40.5. The molecule has 3 aliphatic rings. The molecule has 17 atom stereocenters. The molecular formula is C56H103O23P. The van der Waals surface area contributed by atoms with Crippen LogP contribution in [0.3, 0.4) is 0 Å². The minimum atomic E-state index is -5.64. The summed E-state index contributed by atoms with van der Waals surface area (Å²) in [5, 5.41) is 117. The third-order valence-electron chi connectivity index (χ3n) is 15.2. The average Bonchev–Trinajstić information content (AvgIpc) is 3.62. The maximum absolute atomic E-state index is 14.0. The summed E-state index contributed by atoms with van der Waals surface area (Å²) in [6.07, 6.45) is -3.67. The molecule has 23 nitrogen and oxygen atoms in total. The molecule has 2 heterocycles. The number of hydrogen-bond acceptors (Lipinski definition) is 22. The van der Waals surface area contributed by atoms with Gasteiger partial charge in [0, 0.05) is 12.8 Å². The third kappa shape index (κ3) is 26.2. The summed E-state index contributed by atoms with van der Waals surface area (Å²) < 4.78 is 58.1. The normalized spacial score (nSPS) is 31.7. The number of rotatable bonds is 43. The fourth-order valence-electron chi connectivity index (χ4n) is 10.1. The summed E-state index contributed by atoms with van der Waals surface area (Å²) in [5.74, 6) is -0.663. The largest absolute Gasteiger partial charge is 0.472 e. The summed E-state index contributed by atoms with van der Waals surface area (Å²) in [6.45, 7) is 3.30. The molecular weight excluding hydrogens is 1070 g/mol. The Hall–Kier alpha value is -1.81. The van der Waals surface area contributed by atoms with Crippen LogP contribution in [-0.4, -0.2) is 204 Å². The van der Waals surface area contributed by atoms with Crippen LogP contribution >= 0.6 is 7.82 Å². The van der Waals surface area contributed by atoms with Crippen LogP contribution in [0.2, 0.25) is 0 Å². The second-order valence-electron chi connectivity index (χ2n) is 22.1. The van der Waals surface area contributed by atoms with Gasteiger partial charge in [-0.2, -0.15) is 0 Å². The van der Waals surface area contributed by atoms with Crippen molar-refractivity contribution in [2.24, 2.45) is 5.92 Å². The second-order valence-corrected chi connectivity index (χ2v) is 23.6. The summed E-state index contributed by atoms with van der Waals surface area (Å²) >= 11 is 0. The van der Waals surface area contributed by atoms with Gasteiger partial charge in [0.1, 0.15) is 92.1 Å². The number of carbonyl (C=O) groups excluding carboxylic acids is 2. The number of aliphatic hydroxyl groups is 11. The van der Waals surface area contributed by atoms with Gasteiger partial charge in [0.15, 0.2) is 18.7 Å². The van der Waals surface area contributed by atoms with Crippen LogP contribution in [0.4, 0.5) is 0 Å². The van der Waals surface area contributed by atoms with E-state index >= 15 is 0 Å². The van der Waals surface area contributed by atoms with E-state index in [0.717, 1.165) is 64.2 Å². The summed E-state index contributed by atoms with van der Waals surface area (Å²) in [7, 11) is -5.64. The van der Waals surface area contributed by atoms with Crippen LogP contribution in [0, 0.1) is 5.92 Å². The van der Waals surface area contributed by atoms with Gasteiger partial charge in [-0.15, -0.1) is 0 Å². The minimum Gasteiger partial charge on any atom is -0.462 e. The molecule has 0 aromatic carbocycles. The van der Waals surface area contributed by atoms with Crippen LogP contribution < -0.4 is 0 Å². The van der Waals surface area contributed by atoms with Gasteiger partial charge in [0.2, 0.25) is 0 Å². The van der Waals surface area contributed by atoms with Gasteiger partial charge in [-0.25, -0.2) is 4.57 Å². The number of phosphoric acid groups is 1. The van der Waals surface area contributed by atoms with Gasteiger partial charge in [0.05, 0.1) is 19.8 Å². The maximum atomic E-state index is 14.0. The van der Waals surface area contributed by atoms with Crippen molar-refractivity contribution in [2.75, 3.05) is 26.4 Å². The molecule has 3 rings (SSSR count). The predicted octanol–water partition coefficient (Wildman–Crippen LogP) is 4.17. The number of phosphoric ester groups is 1. The molecule has 1 aliphatic carbocycles. The molecule has 0 radical (unpaired) electrons. The quantitative estimate of drug-likeness (QED) is 0.0176. The fraction of sp³-hybridized carbons (Fsp3) is 0.929. The Bertz CT molecular complexity index is 1660. The minimum absolute atomic E-state index is 0.0332. The lowest BCUT2D eigenvalue weighted by molar-refractivity contribution is -0.360. The van der Waals surface area contributed by atoms with Crippen LogP contribution in [0.15, 0.2) is 12.2 Å². The molecule has 2 aliphatic heterocycles. The van der Waals surface area contributed by atoms with Crippen LogP contribution in [0.25, 0.3) is 0 Å². The highest BCUT2D eigenvalue weighted by atomic mass is 31.2. The molecule has 0 aromatic rings. The first-order valence-corrected chi connectivity index (χ1v) is 31.4. The van der Waals surface area contributed by atoms with Crippen LogP contribution in [0.1, 0.15) is 194 Å². The van der Waals surface area contributed by atoms with Crippen LogP contribution in [-0.2, 0) is 51.6 Å². The van der Waals surface area contributed by atoms with Gasteiger partial charge in [-0.05, 0) is 44.4 Å². The summed E-state index contributed by atoms with van der Waals surface area (Å²) in [6, 6.07) is 0. The van der Waals surface area contributed by atoms with E-state index in [4.69, 9.17) is 37.5 Å². The SMILES string of the molecule is CCCCCCCCC=CCCCCCC(=O)OCC(COP(=O)(O)OC1C(OC2OC(CO)C(O)C(O)C2O)C(O)C(O)C(O)C1OC1OC(CO)C(O)C(O)C1O)OC(=O)CCCCCCCCC(C)CCCCCCCC. The van der Waals surface area contributed by atoms with Crippen molar-refractivity contribution in [1.29, 1.82) is 0 Å². The van der Waals surface area contributed by atoms with Gasteiger partial charge in [0.25, 0.3) is 0 Å². The predicted molar refractivity (Wildman–Crippen MR) is 291 cm³/mol. The van der Waals surface area contributed by atoms with Crippen molar-refractivity contribution in [1.82, 2.24) is 0 Å². The van der Waals surface area contributed by atoms with E-state index in [9.17, 15) is 75.2 Å². The Morgan fingerprint density at radius 2 is 0.900 bits per heavy atom. The smallest absolute Gasteiger partial charge is 0.462 e. The van der Waals surface area contributed by atoms with Crippen molar-refractivity contribution >= 4 is 19.8 Å². The Morgan fingerprint density at radius 1 is 0.500 bits per heavy atom. The third-order valence-corrected chi connectivity index (χ3v) is 16.2. The Balaban J connectivity index is 1.71. The van der Waals surface area contributed by atoms with E-state index in [1.165, 1.54) is 83.5 Å². The van der Waals surface area contributed by atoms with Crippen LogP contribution in [0.5, 0.6) is 0 Å². The fourth-order valence-corrected chi connectivity index (χ4v) is 11.1. The molecule has 0 bridgehead atoms. The lowest BCUT2D eigenvalue weighted by atomic mass is 9.84. The number of aliphatic hydroxyl groups excluding tert-OH is 11. The molecule has 80 heavy (non-hydrogen) atoms. The van der Waals surface area contributed by atoms with E-state index < -0.39 is 150 Å². The highest BCUT2D eigenvalue weighted by Crippen LogP contribution is 2.49. The molecule has 3 fully saturated rings. The molecule has 0 aromatic heterocycles. The number of hydrogen-bond donors (Lipinski definition) is 12. The molecule has 17 unspecified atom stereocenters. The Morgan fingerprint density at radius 3 is 1.36 bits per heavy atom. The number of carbonyl (C=O) groups is 2. The number of ether oxygens (including phenoxy) is 6. The summed E-state index contributed by atoms with van der Waals surface area (Å²) in [4.78, 5) is 37.5. The van der Waals surface area contributed by atoms with E-state index in [0.29, 0.717) is 18.8 Å². The molecule has 24 heteroatoms. The zero-order chi connectivity index (χ0) is 59.0. The zero-order valence-electron chi connectivity index (χ0n) is 47.8. The van der Waals surface area contributed by atoms with Gasteiger partial charge >= 0.3 is 19.8 Å². The molecule has 2 saturated heterocycles. The van der Waals surface area contributed by atoms with E-state index in [-0.39, 0.29) is 12.8 Å². The number of allylic oxidation sites excluding steroid dienone is 2. The Kier molecular flexibility index (Phi) is 36.7. The van der Waals surface area contributed by atoms with E-state index in [2.05, 4.69) is 32.9 Å². The molecule has 470 valence electrons. The Labute approximate surface area is 473 Å². The topological polar surface area (TPSA) is 368 Å². The lowest BCUT2D eigenvalue weighted by Crippen LogP contribution is -2.69. The van der Waals surface area contributed by atoms with Crippen molar-refractivity contribution in [3.8, 4) is 0 Å². The molecule has 0 spiro atoms. The number of esters is 2. The highest BCUT2D eigenvalue weighted by molar-refractivity contribution is 7.47. The molecule has 1 saturated carbocycles. The van der Waals surface area contributed by atoms with Crippen molar-refractivity contribution in [2.45, 2.75) is 298 Å². The first kappa shape index (κ1) is 72.4. The van der Waals surface area contributed by atoms with E-state index in [1.54, 1.807) is 0 Å². The standard InChI is InChI=1S/C56H103O23P/c1-4-6-8-10-12-13-14-15-16-17-18-23-27-31-41(59)72-35-38(74-42(60)32-28-24-20-19-22-26-30-37(3)29-25-21-11-9-7-5-2)36-73-80(70,71)79-54-52(77-55-50(68)45(63)43(61)39(33-57)75-55)48(66)47(65)49(67)53(54)78-56-51(69)46(64)44(62)40(34-58)76-56/h15-16,37-40,43-58,61-69H,4-14,17-36H2,1-3H3,(H,70,71). The highest BCUT2D eigenvalue weighted by Gasteiger charge is 2.58. The lowest BCUT2D eigenvalue weighted by Gasteiger charge is -2.49. The molecule has 12 N–H and O–H groups in total. The van der Waals surface area contributed by atoms with Crippen molar-refractivity contribution in [3.05, 3.63) is 12.2 Å². The first-order chi connectivity index (χ1) is 38.3. The molecule has 0 amide bonds. The van der Waals surface area contributed by atoms with Gasteiger partial charge < -0.3 is 89.5 Å². The monoisotopic (exact) mass is 1170 g/mol.